The minimum absolute atomic E-state index is 0.0498. The summed E-state index contributed by atoms with van der Waals surface area (Å²) in [6.07, 6.45) is 1.46. The molecule has 5 rings (SSSR count). The fraction of sp³-hybridized carbons (Fsp3) is 0.0690. The van der Waals surface area contributed by atoms with Crippen molar-refractivity contribution in [2.45, 2.75) is 6.10 Å². The Bertz CT molecular complexity index is 1420. The van der Waals surface area contributed by atoms with Crippen LogP contribution >= 0.6 is 0 Å². The predicted octanol–water partition coefficient (Wildman–Crippen LogP) is 7.37. The number of rotatable bonds is 6. The molecule has 1 saturated heterocycles. The maximum absolute atomic E-state index is 14.7. The van der Waals surface area contributed by atoms with E-state index in [1.807, 2.05) is 0 Å². The molecule has 1 unspecified atom stereocenters. The molecule has 0 spiro atoms. The molecule has 4 aromatic carbocycles. The summed E-state index contributed by atoms with van der Waals surface area (Å²) in [5, 5.41) is 0. The van der Waals surface area contributed by atoms with E-state index in [1.165, 1.54) is 30.3 Å². The molecule has 6 heteroatoms. The molecule has 174 valence electrons. The number of carbonyl (C=O) groups excluding carboxylic acids is 1. The molecule has 0 amide bonds. The number of esters is 1. The smallest absolute Gasteiger partial charge is 0.343 e. The van der Waals surface area contributed by atoms with Gasteiger partial charge in [0.25, 0.3) is 0 Å². The van der Waals surface area contributed by atoms with Crippen molar-refractivity contribution in [3.63, 3.8) is 0 Å². The largest absolute Gasteiger partial charge is 0.420 e. The van der Waals surface area contributed by atoms with Crippen LogP contribution in [0.2, 0.25) is 0 Å². The van der Waals surface area contributed by atoms with Gasteiger partial charge in [-0.15, -0.1) is 0 Å². The van der Waals surface area contributed by atoms with E-state index in [0.29, 0.717) is 28.9 Å². The molecular weight excluding hydrogens is 453 g/mol. The number of carbonyl (C=O) groups is 1. The first-order valence-corrected chi connectivity index (χ1v) is 10.9. The number of hydrogen-bond donors (Lipinski definition) is 0. The second-order valence-electron chi connectivity index (χ2n) is 8.09. The highest BCUT2D eigenvalue weighted by atomic mass is 19.2. The van der Waals surface area contributed by atoms with Gasteiger partial charge in [-0.25, -0.2) is 13.6 Å². The first-order chi connectivity index (χ1) is 16.9. The zero-order valence-corrected chi connectivity index (χ0v) is 18.4. The van der Waals surface area contributed by atoms with Crippen molar-refractivity contribution >= 4 is 12.0 Å². The van der Waals surface area contributed by atoms with E-state index in [4.69, 9.17) is 9.47 Å². The van der Waals surface area contributed by atoms with E-state index < -0.39 is 23.4 Å². The van der Waals surface area contributed by atoms with Gasteiger partial charge in [0.2, 0.25) is 5.82 Å². The van der Waals surface area contributed by atoms with E-state index in [9.17, 15) is 18.0 Å². The average Bonchev–Trinajstić information content (AvgIpc) is 3.72. The molecule has 1 heterocycles. The summed E-state index contributed by atoms with van der Waals surface area (Å²) in [4.78, 5) is 12.5. The minimum atomic E-state index is -1.25. The van der Waals surface area contributed by atoms with Crippen molar-refractivity contribution < 1.29 is 27.4 Å². The molecule has 35 heavy (non-hydrogen) atoms. The van der Waals surface area contributed by atoms with Gasteiger partial charge in [-0.05, 0) is 52.6 Å². The van der Waals surface area contributed by atoms with Crippen LogP contribution in [0.25, 0.3) is 28.3 Å². The van der Waals surface area contributed by atoms with Gasteiger partial charge in [0.05, 0.1) is 12.2 Å². The Labute approximate surface area is 200 Å². The number of benzene rings is 4. The third-order valence-electron chi connectivity index (χ3n) is 5.84. The van der Waals surface area contributed by atoms with Gasteiger partial charge in [0.15, 0.2) is 11.6 Å². The summed E-state index contributed by atoms with van der Waals surface area (Å²) in [5.41, 5.74) is 3.36. The van der Waals surface area contributed by atoms with Gasteiger partial charge in [-0.3, -0.25) is 0 Å². The Kier molecular flexibility index (Phi) is 5.97. The predicted molar refractivity (Wildman–Crippen MR) is 127 cm³/mol. The summed E-state index contributed by atoms with van der Waals surface area (Å²) >= 11 is 0. The summed E-state index contributed by atoms with van der Waals surface area (Å²) in [6, 6.07) is 20.5. The highest BCUT2D eigenvalue weighted by Crippen LogP contribution is 2.34. The third kappa shape index (κ3) is 4.61. The van der Waals surface area contributed by atoms with E-state index in [2.05, 4.69) is 6.58 Å². The van der Waals surface area contributed by atoms with E-state index in [0.717, 1.165) is 5.56 Å². The highest BCUT2D eigenvalue weighted by molar-refractivity contribution is 5.91. The van der Waals surface area contributed by atoms with Gasteiger partial charge < -0.3 is 9.47 Å². The van der Waals surface area contributed by atoms with Crippen LogP contribution in [0.1, 0.15) is 27.6 Å². The molecule has 0 aliphatic carbocycles. The summed E-state index contributed by atoms with van der Waals surface area (Å²) < 4.78 is 53.9. The molecule has 0 bridgehead atoms. The fourth-order valence-electron chi connectivity index (χ4n) is 3.79. The topological polar surface area (TPSA) is 38.8 Å². The van der Waals surface area contributed by atoms with Crippen molar-refractivity contribution in [1.82, 2.24) is 0 Å². The number of ether oxygens (including phenoxy) is 2. The van der Waals surface area contributed by atoms with Crippen LogP contribution < -0.4 is 4.74 Å². The summed E-state index contributed by atoms with van der Waals surface area (Å²) in [6.45, 7) is 4.18. The maximum atomic E-state index is 14.7. The Hall–Kier alpha value is -4.16. The van der Waals surface area contributed by atoms with Gasteiger partial charge in [-0.2, -0.15) is 4.39 Å². The van der Waals surface area contributed by atoms with Crippen LogP contribution in [-0.2, 0) is 4.74 Å². The summed E-state index contributed by atoms with van der Waals surface area (Å²) in [7, 11) is 0. The number of halogens is 3. The molecule has 0 aromatic heterocycles. The molecule has 4 aromatic rings. The highest BCUT2D eigenvalue weighted by Gasteiger charge is 2.27. The lowest BCUT2D eigenvalue weighted by molar-refractivity contribution is 0.0727. The second-order valence-corrected chi connectivity index (χ2v) is 8.09. The van der Waals surface area contributed by atoms with Crippen molar-refractivity contribution in [2.75, 3.05) is 6.61 Å². The lowest BCUT2D eigenvalue weighted by atomic mass is 10.0. The quantitative estimate of drug-likeness (QED) is 0.167. The third-order valence-corrected chi connectivity index (χ3v) is 5.84. The van der Waals surface area contributed by atoms with Crippen LogP contribution in [0, 0.1) is 17.5 Å². The van der Waals surface area contributed by atoms with Crippen LogP contribution in [0.3, 0.4) is 0 Å². The zero-order valence-electron chi connectivity index (χ0n) is 18.4. The number of epoxide rings is 1. The Morgan fingerprint density at radius 2 is 1.51 bits per heavy atom. The molecular formula is C29H19F3O3. The monoisotopic (exact) mass is 472 g/mol. The number of hydrogen-bond acceptors (Lipinski definition) is 3. The second kappa shape index (κ2) is 9.24. The Balaban J connectivity index is 1.32. The van der Waals surface area contributed by atoms with Crippen molar-refractivity contribution in [2.24, 2.45) is 0 Å². The molecule has 0 saturated carbocycles. The molecule has 0 radical (unpaired) electrons. The molecule has 3 nitrogen and oxygen atoms in total. The SMILES string of the molecule is C=Cc1ccc(-c2ccc(OC(=O)c3ccc(-c4ccc(C5CO5)c(F)c4)cc3)c(F)c2F)cc1. The minimum Gasteiger partial charge on any atom is -0.420 e. The molecule has 1 fully saturated rings. The zero-order chi connectivity index (χ0) is 24.5. The molecule has 1 atom stereocenters. The van der Waals surface area contributed by atoms with Gasteiger partial charge in [0.1, 0.15) is 11.9 Å². The van der Waals surface area contributed by atoms with Crippen molar-refractivity contribution in [3.8, 4) is 28.0 Å². The fourth-order valence-corrected chi connectivity index (χ4v) is 3.79. The average molecular weight is 472 g/mol. The first-order valence-electron chi connectivity index (χ1n) is 10.9. The standard InChI is InChI=1S/C29H19F3O3/c1-2-17-3-5-19(6-4-17)22-13-14-25(28(32)27(22)31)35-29(33)20-9-7-18(8-10-20)21-11-12-23(24(30)15-21)26-16-34-26/h2-15,26H,1,16H2. The maximum Gasteiger partial charge on any atom is 0.343 e. The van der Waals surface area contributed by atoms with Gasteiger partial charge in [-0.1, -0.05) is 61.2 Å². The van der Waals surface area contributed by atoms with E-state index in [-0.39, 0.29) is 23.0 Å². The molecule has 0 N–H and O–H groups in total. The van der Waals surface area contributed by atoms with Crippen molar-refractivity contribution in [3.05, 3.63) is 120 Å². The molecule has 1 aliphatic heterocycles. The first kappa shape index (κ1) is 22.6. The lowest BCUT2D eigenvalue weighted by Gasteiger charge is -2.10. The van der Waals surface area contributed by atoms with Gasteiger partial charge in [0, 0.05) is 11.1 Å². The van der Waals surface area contributed by atoms with Crippen LogP contribution in [0.5, 0.6) is 5.75 Å². The van der Waals surface area contributed by atoms with Crippen LogP contribution in [0.15, 0.2) is 85.4 Å². The Morgan fingerprint density at radius 1 is 0.857 bits per heavy atom. The normalized spacial score (nSPS) is 14.4. The van der Waals surface area contributed by atoms with Crippen LogP contribution in [-0.4, -0.2) is 12.6 Å². The van der Waals surface area contributed by atoms with Crippen molar-refractivity contribution in [1.29, 1.82) is 0 Å². The Morgan fingerprint density at radius 3 is 2.14 bits per heavy atom. The van der Waals surface area contributed by atoms with E-state index >= 15 is 0 Å². The summed E-state index contributed by atoms with van der Waals surface area (Å²) in [5.74, 6) is -4.08. The van der Waals surface area contributed by atoms with Gasteiger partial charge >= 0.3 is 5.97 Å². The molecule has 1 aliphatic rings. The lowest BCUT2D eigenvalue weighted by Crippen LogP contribution is -2.10. The van der Waals surface area contributed by atoms with Crippen LogP contribution in [0.4, 0.5) is 13.2 Å². The van der Waals surface area contributed by atoms with E-state index in [1.54, 1.807) is 54.6 Å².